The lowest BCUT2D eigenvalue weighted by Gasteiger charge is -2.11. The molecule has 1 aromatic heterocycles. The van der Waals surface area contributed by atoms with E-state index in [1.807, 2.05) is 30.3 Å². The molecule has 3 aromatic carbocycles. The van der Waals surface area contributed by atoms with E-state index < -0.39 is 16.3 Å². The van der Waals surface area contributed by atoms with Crippen molar-refractivity contribution in [3.63, 3.8) is 0 Å². The SMILES string of the molecule is Cc1ccc(C(=O)c2oc(=O)c3ccccc3c2-c2ccccc2)cc1[N+](=O)[O-]. The molecule has 0 spiro atoms. The first-order valence-electron chi connectivity index (χ1n) is 8.88. The molecule has 0 bridgehead atoms. The molecule has 0 N–H and O–H groups in total. The average Bonchev–Trinajstić information content (AvgIpc) is 2.74. The Morgan fingerprint density at radius 3 is 2.28 bits per heavy atom. The molecule has 4 aromatic rings. The maximum Gasteiger partial charge on any atom is 0.344 e. The molecule has 0 aliphatic carbocycles. The standard InChI is InChI=1S/C23H15NO5/c1-14-11-12-16(13-19(14)24(27)28)21(25)22-20(15-7-3-2-4-8-15)17-9-5-6-10-18(17)23(26)29-22/h2-13H,1H3. The van der Waals surface area contributed by atoms with E-state index in [-0.39, 0.29) is 17.0 Å². The third-order valence-corrected chi connectivity index (χ3v) is 4.77. The van der Waals surface area contributed by atoms with Crippen LogP contribution in [0.3, 0.4) is 0 Å². The Morgan fingerprint density at radius 2 is 1.59 bits per heavy atom. The zero-order chi connectivity index (χ0) is 20.5. The van der Waals surface area contributed by atoms with E-state index in [2.05, 4.69) is 0 Å². The minimum Gasteiger partial charge on any atom is -0.418 e. The number of nitro groups is 1. The molecule has 142 valence electrons. The van der Waals surface area contributed by atoms with Crippen LogP contribution in [0.25, 0.3) is 21.9 Å². The van der Waals surface area contributed by atoms with Crippen molar-refractivity contribution < 1.29 is 14.1 Å². The highest BCUT2D eigenvalue weighted by Gasteiger charge is 2.24. The minimum atomic E-state index is -0.634. The van der Waals surface area contributed by atoms with E-state index in [1.54, 1.807) is 31.2 Å². The summed E-state index contributed by atoms with van der Waals surface area (Å²) in [6, 6.07) is 20.2. The van der Waals surface area contributed by atoms with Crippen LogP contribution < -0.4 is 5.63 Å². The summed E-state index contributed by atoms with van der Waals surface area (Å²) in [7, 11) is 0. The van der Waals surface area contributed by atoms with Crippen molar-refractivity contribution in [3.8, 4) is 11.1 Å². The first-order valence-corrected chi connectivity index (χ1v) is 8.88. The zero-order valence-electron chi connectivity index (χ0n) is 15.4. The van der Waals surface area contributed by atoms with Gasteiger partial charge in [-0.25, -0.2) is 4.79 Å². The van der Waals surface area contributed by atoms with Gasteiger partial charge in [-0.05, 0) is 18.6 Å². The predicted molar refractivity (Wildman–Crippen MR) is 109 cm³/mol. The van der Waals surface area contributed by atoms with Crippen LogP contribution >= 0.6 is 0 Å². The quantitative estimate of drug-likeness (QED) is 0.283. The zero-order valence-corrected chi connectivity index (χ0v) is 15.4. The predicted octanol–water partition coefficient (Wildman–Crippen LogP) is 4.91. The van der Waals surface area contributed by atoms with Crippen LogP contribution in [0.2, 0.25) is 0 Å². The average molecular weight is 385 g/mol. The number of carbonyl (C=O) groups excluding carboxylic acids is 1. The number of hydrogen-bond acceptors (Lipinski definition) is 5. The molecule has 0 saturated carbocycles. The molecule has 0 amide bonds. The monoisotopic (exact) mass is 385 g/mol. The van der Waals surface area contributed by atoms with Gasteiger partial charge < -0.3 is 4.42 Å². The van der Waals surface area contributed by atoms with Gasteiger partial charge in [0.25, 0.3) is 5.69 Å². The fourth-order valence-electron chi connectivity index (χ4n) is 3.33. The first-order chi connectivity index (χ1) is 14.0. The molecular weight excluding hydrogens is 370 g/mol. The lowest BCUT2D eigenvalue weighted by molar-refractivity contribution is -0.385. The van der Waals surface area contributed by atoms with E-state index in [0.29, 0.717) is 27.5 Å². The van der Waals surface area contributed by atoms with Gasteiger partial charge in [-0.1, -0.05) is 60.7 Å². The van der Waals surface area contributed by atoms with E-state index in [0.717, 1.165) is 0 Å². The Kier molecular flexibility index (Phi) is 4.52. The number of aryl methyl sites for hydroxylation is 1. The van der Waals surface area contributed by atoms with Gasteiger partial charge in [0.15, 0.2) is 5.76 Å². The maximum atomic E-state index is 13.3. The normalized spacial score (nSPS) is 10.8. The molecule has 0 saturated heterocycles. The molecular formula is C23H15NO5. The summed E-state index contributed by atoms with van der Waals surface area (Å²) < 4.78 is 5.45. The van der Waals surface area contributed by atoms with E-state index in [9.17, 15) is 19.7 Å². The number of fused-ring (bicyclic) bond motifs is 1. The van der Waals surface area contributed by atoms with Crippen LogP contribution in [-0.4, -0.2) is 10.7 Å². The number of nitrogens with zero attached hydrogens (tertiary/aromatic N) is 1. The molecule has 0 unspecified atom stereocenters. The molecule has 6 nitrogen and oxygen atoms in total. The maximum absolute atomic E-state index is 13.3. The Morgan fingerprint density at radius 1 is 0.931 bits per heavy atom. The molecule has 1 heterocycles. The molecule has 6 heteroatoms. The van der Waals surface area contributed by atoms with Crippen molar-refractivity contribution in [1.29, 1.82) is 0 Å². The second-order valence-electron chi connectivity index (χ2n) is 6.59. The van der Waals surface area contributed by atoms with Crippen molar-refractivity contribution in [1.82, 2.24) is 0 Å². The van der Waals surface area contributed by atoms with E-state index >= 15 is 0 Å². The summed E-state index contributed by atoms with van der Waals surface area (Å²) in [6.07, 6.45) is 0. The number of carbonyl (C=O) groups is 1. The van der Waals surface area contributed by atoms with Crippen LogP contribution in [0.4, 0.5) is 5.69 Å². The fourth-order valence-corrected chi connectivity index (χ4v) is 3.33. The van der Waals surface area contributed by atoms with Crippen LogP contribution in [0.15, 0.2) is 82.0 Å². The molecule has 0 aliphatic rings. The van der Waals surface area contributed by atoms with Crippen molar-refractivity contribution in [2.45, 2.75) is 6.92 Å². The van der Waals surface area contributed by atoms with E-state index in [1.165, 1.54) is 18.2 Å². The van der Waals surface area contributed by atoms with Crippen LogP contribution in [-0.2, 0) is 0 Å². The number of rotatable bonds is 4. The Balaban J connectivity index is 2.02. The van der Waals surface area contributed by atoms with Crippen molar-refractivity contribution >= 4 is 22.2 Å². The second kappa shape index (κ2) is 7.16. The van der Waals surface area contributed by atoms with Gasteiger partial charge >= 0.3 is 5.63 Å². The van der Waals surface area contributed by atoms with Crippen molar-refractivity contribution in [3.05, 3.63) is 110 Å². The highest BCUT2D eigenvalue weighted by atomic mass is 16.6. The largest absolute Gasteiger partial charge is 0.418 e. The number of ketones is 1. The fraction of sp³-hybridized carbons (Fsp3) is 0.0435. The second-order valence-corrected chi connectivity index (χ2v) is 6.59. The van der Waals surface area contributed by atoms with Crippen molar-refractivity contribution in [2.24, 2.45) is 0 Å². The number of benzene rings is 3. The molecule has 29 heavy (non-hydrogen) atoms. The summed E-state index contributed by atoms with van der Waals surface area (Å²) in [5.41, 5.74) is 0.907. The molecule has 0 fully saturated rings. The van der Waals surface area contributed by atoms with Gasteiger partial charge in [0.05, 0.1) is 10.3 Å². The van der Waals surface area contributed by atoms with Gasteiger partial charge in [-0.15, -0.1) is 0 Å². The topological polar surface area (TPSA) is 90.4 Å². The minimum absolute atomic E-state index is 0.0814. The summed E-state index contributed by atoms with van der Waals surface area (Å²) in [4.78, 5) is 36.5. The first kappa shape index (κ1) is 18.3. The lowest BCUT2D eigenvalue weighted by atomic mass is 9.94. The number of hydrogen-bond donors (Lipinski definition) is 0. The summed E-state index contributed by atoms with van der Waals surface area (Å²) in [5.74, 6) is -0.729. The molecule has 0 atom stereocenters. The van der Waals surface area contributed by atoms with Gasteiger partial charge in [-0.2, -0.15) is 0 Å². The highest BCUT2D eigenvalue weighted by molar-refractivity contribution is 6.15. The Bertz CT molecular complexity index is 1320. The van der Waals surface area contributed by atoms with E-state index in [4.69, 9.17) is 4.42 Å². The van der Waals surface area contributed by atoms with Gasteiger partial charge in [0, 0.05) is 28.1 Å². The van der Waals surface area contributed by atoms with Gasteiger partial charge in [0.1, 0.15) is 0 Å². The summed E-state index contributed by atoms with van der Waals surface area (Å²) in [5, 5.41) is 12.2. The smallest absolute Gasteiger partial charge is 0.344 e. The molecule has 0 radical (unpaired) electrons. The Labute approximate surface area is 165 Å². The molecule has 0 aliphatic heterocycles. The van der Waals surface area contributed by atoms with Crippen LogP contribution in [0.5, 0.6) is 0 Å². The van der Waals surface area contributed by atoms with Crippen LogP contribution in [0, 0.1) is 17.0 Å². The Hall–Kier alpha value is -4.06. The lowest BCUT2D eigenvalue weighted by Crippen LogP contribution is -2.11. The summed E-state index contributed by atoms with van der Waals surface area (Å²) in [6.45, 7) is 1.60. The third-order valence-electron chi connectivity index (χ3n) is 4.77. The van der Waals surface area contributed by atoms with Crippen LogP contribution in [0.1, 0.15) is 21.7 Å². The third kappa shape index (κ3) is 3.21. The molecule has 4 rings (SSSR count). The number of nitro benzene ring substituents is 1. The van der Waals surface area contributed by atoms with Gasteiger partial charge in [-0.3, -0.25) is 14.9 Å². The van der Waals surface area contributed by atoms with Gasteiger partial charge in [0.2, 0.25) is 5.78 Å². The van der Waals surface area contributed by atoms with Crippen molar-refractivity contribution in [2.75, 3.05) is 0 Å². The summed E-state index contributed by atoms with van der Waals surface area (Å²) >= 11 is 0. The highest BCUT2D eigenvalue weighted by Crippen LogP contribution is 2.32.